The summed E-state index contributed by atoms with van der Waals surface area (Å²) in [6.45, 7) is 12.6. The quantitative estimate of drug-likeness (QED) is 0.475. The first-order valence-electron chi connectivity index (χ1n) is 16.0. The van der Waals surface area contributed by atoms with E-state index in [1.165, 1.54) is 4.88 Å². The number of nitrogens with zero attached hydrogens (tertiary/aromatic N) is 7. The molecule has 2 aliphatic carbocycles. The van der Waals surface area contributed by atoms with Crippen LogP contribution in [0.25, 0.3) is 0 Å². The van der Waals surface area contributed by atoms with E-state index in [9.17, 15) is 10.5 Å². The highest BCUT2D eigenvalue weighted by atomic mass is 32.1. The van der Waals surface area contributed by atoms with Crippen molar-refractivity contribution in [3.63, 3.8) is 0 Å². The Balaban J connectivity index is 1.11. The molecule has 2 atom stereocenters. The highest BCUT2D eigenvalue weighted by Gasteiger charge is 2.53. The van der Waals surface area contributed by atoms with Crippen LogP contribution in [0, 0.1) is 28.1 Å². The number of fused-ring (bicyclic) bond motifs is 4. The van der Waals surface area contributed by atoms with Crippen LogP contribution in [0.1, 0.15) is 67.5 Å². The van der Waals surface area contributed by atoms with Crippen LogP contribution in [0.4, 0.5) is 16.6 Å². The van der Waals surface area contributed by atoms with E-state index in [2.05, 4.69) is 46.0 Å². The number of thiophene rings is 1. The Morgan fingerprint density at radius 3 is 2.18 bits per heavy atom. The molecule has 4 aliphatic heterocycles. The number of nitrogens with two attached hydrogens (primary N) is 1. The molecule has 2 bridgehead atoms. The molecular weight excluding hydrogens is 574 g/mol. The highest BCUT2D eigenvalue weighted by Crippen LogP contribution is 2.53. The van der Waals surface area contributed by atoms with Gasteiger partial charge in [-0.25, -0.2) is 0 Å². The van der Waals surface area contributed by atoms with Gasteiger partial charge in [-0.05, 0) is 57.9 Å². The van der Waals surface area contributed by atoms with Gasteiger partial charge < -0.3 is 30.3 Å². The first kappa shape index (κ1) is 28.3. The van der Waals surface area contributed by atoms with Crippen molar-refractivity contribution in [1.29, 1.82) is 10.5 Å². The maximum Gasteiger partial charge on any atom is 0.320 e. The molecule has 232 valence electrons. The zero-order chi connectivity index (χ0) is 30.3. The Morgan fingerprint density at radius 2 is 1.57 bits per heavy atom. The number of anilines is 3. The summed E-state index contributed by atoms with van der Waals surface area (Å²) in [7, 11) is 0. The van der Waals surface area contributed by atoms with Gasteiger partial charge in [-0.2, -0.15) is 20.5 Å². The van der Waals surface area contributed by atoms with E-state index in [1.54, 1.807) is 11.3 Å². The number of aromatic nitrogens is 2. The Labute approximate surface area is 262 Å². The van der Waals surface area contributed by atoms with E-state index >= 15 is 0 Å². The first-order chi connectivity index (χ1) is 21.1. The van der Waals surface area contributed by atoms with E-state index in [1.807, 2.05) is 0 Å². The van der Waals surface area contributed by atoms with Crippen LogP contribution in [-0.4, -0.2) is 91.6 Å². The topological polar surface area (TPSA) is 140 Å². The Hall–Kier alpha value is -3.16. The lowest BCUT2D eigenvalue weighted by Gasteiger charge is -2.50. The van der Waals surface area contributed by atoms with Gasteiger partial charge in [0, 0.05) is 72.6 Å². The van der Waals surface area contributed by atoms with Crippen LogP contribution in [0.3, 0.4) is 0 Å². The number of aryl methyl sites for hydroxylation is 1. The minimum atomic E-state index is -0.126. The molecule has 8 rings (SSSR count). The molecule has 6 heterocycles. The summed E-state index contributed by atoms with van der Waals surface area (Å²) in [6.07, 6.45) is 6.39. The second-order valence-electron chi connectivity index (χ2n) is 14.8. The molecule has 1 spiro atoms. The minimum Gasteiger partial charge on any atom is -0.463 e. The largest absolute Gasteiger partial charge is 0.463 e. The summed E-state index contributed by atoms with van der Waals surface area (Å²) < 4.78 is 12.0. The van der Waals surface area contributed by atoms with Crippen LogP contribution in [0.5, 0.6) is 6.01 Å². The van der Waals surface area contributed by atoms with Gasteiger partial charge in [0.1, 0.15) is 22.7 Å². The lowest BCUT2D eigenvalue weighted by atomic mass is 9.74. The molecule has 1 saturated carbocycles. The maximum atomic E-state index is 10.6. The van der Waals surface area contributed by atoms with Gasteiger partial charge >= 0.3 is 6.01 Å². The molecule has 6 aliphatic rings. The number of morpholine rings is 1. The van der Waals surface area contributed by atoms with Crippen LogP contribution < -0.4 is 25.6 Å². The Kier molecular flexibility index (Phi) is 6.39. The molecule has 0 amide bonds. The zero-order valence-electron chi connectivity index (χ0n) is 25.7. The van der Waals surface area contributed by atoms with Crippen molar-refractivity contribution < 1.29 is 9.47 Å². The molecule has 2 unspecified atom stereocenters. The number of piperazine rings is 1. The Morgan fingerprint density at radius 1 is 0.932 bits per heavy atom. The smallest absolute Gasteiger partial charge is 0.320 e. The van der Waals surface area contributed by atoms with Crippen molar-refractivity contribution in [2.45, 2.75) is 68.9 Å². The number of hydrogen-bond acceptors (Lipinski definition) is 12. The molecule has 0 radical (unpaired) electrons. The lowest BCUT2D eigenvalue weighted by Crippen LogP contribution is -2.63. The van der Waals surface area contributed by atoms with Gasteiger partial charge in [0.15, 0.2) is 11.6 Å². The molecule has 11 nitrogen and oxygen atoms in total. The number of nitriles is 2. The summed E-state index contributed by atoms with van der Waals surface area (Å²) in [5.41, 5.74) is 8.45. The average molecular weight is 616 g/mol. The summed E-state index contributed by atoms with van der Waals surface area (Å²) in [5, 5.41) is 25.0. The monoisotopic (exact) mass is 615 g/mol. The fourth-order valence-corrected chi connectivity index (χ4v) is 9.82. The van der Waals surface area contributed by atoms with Gasteiger partial charge in [0.05, 0.1) is 25.4 Å². The molecule has 4 saturated heterocycles. The van der Waals surface area contributed by atoms with Crippen molar-refractivity contribution in [2.24, 2.45) is 5.41 Å². The van der Waals surface area contributed by atoms with E-state index < -0.39 is 0 Å². The number of ether oxygens (including phenoxy) is 2. The normalized spacial score (nSPS) is 29.6. The molecule has 5 fully saturated rings. The number of nitrogens with one attached hydrogen (secondary N) is 1. The highest BCUT2D eigenvalue weighted by molar-refractivity contribution is 7.16. The molecular formula is C32H41N9O2S. The fraction of sp³-hybridized carbons (Fsp3) is 0.688. The molecule has 0 aromatic carbocycles. The van der Waals surface area contributed by atoms with Gasteiger partial charge in [0.2, 0.25) is 0 Å². The third kappa shape index (κ3) is 4.61. The van der Waals surface area contributed by atoms with Gasteiger partial charge in [-0.15, -0.1) is 11.3 Å². The fourth-order valence-electron chi connectivity index (χ4n) is 8.68. The zero-order valence-corrected chi connectivity index (χ0v) is 26.6. The van der Waals surface area contributed by atoms with Gasteiger partial charge in [-0.3, -0.25) is 4.90 Å². The van der Waals surface area contributed by atoms with Crippen molar-refractivity contribution in [2.75, 3.05) is 81.2 Å². The Bertz CT molecular complexity index is 1560. The van der Waals surface area contributed by atoms with Crippen molar-refractivity contribution in [3.05, 3.63) is 21.6 Å². The molecule has 3 N–H and O–H groups in total. The lowest BCUT2D eigenvalue weighted by molar-refractivity contribution is 0.0231. The van der Waals surface area contributed by atoms with Crippen molar-refractivity contribution in [1.82, 2.24) is 20.2 Å². The average Bonchev–Trinajstić information content (AvgIpc) is 3.44. The van der Waals surface area contributed by atoms with E-state index in [4.69, 9.17) is 25.2 Å². The number of hydrogen-bond donors (Lipinski definition) is 2. The van der Waals surface area contributed by atoms with Gasteiger partial charge in [0.25, 0.3) is 0 Å². The number of rotatable bonds is 7. The third-order valence-electron chi connectivity index (χ3n) is 11.1. The van der Waals surface area contributed by atoms with Crippen molar-refractivity contribution >= 4 is 28.0 Å². The SMILES string of the molecule is CC12CCC(C)(CN(c3nc(OCC4(CN5CCOCC5)CC4)nc(N4CC5(CCc6sc(N)c(C#N)c65)C4)c3C#N)C1)N2. The first-order valence-corrected chi connectivity index (χ1v) is 16.8. The molecule has 2 aromatic heterocycles. The van der Waals surface area contributed by atoms with E-state index in [0.29, 0.717) is 53.5 Å². The third-order valence-corrected chi connectivity index (χ3v) is 12.1. The minimum absolute atomic E-state index is 0.0320. The maximum absolute atomic E-state index is 10.6. The second-order valence-corrected chi connectivity index (χ2v) is 15.9. The molecule has 12 heteroatoms. The molecule has 2 aromatic rings. The predicted octanol–water partition coefficient (Wildman–Crippen LogP) is 2.78. The molecule has 44 heavy (non-hydrogen) atoms. The van der Waals surface area contributed by atoms with Crippen molar-refractivity contribution in [3.8, 4) is 18.1 Å². The van der Waals surface area contributed by atoms with Gasteiger partial charge in [-0.1, -0.05) is 0 Å². The standard InChI is InChI=1S/C32H41N9O2S/c1-29-5-6-30(2,38-29)16-40(15-29)26-22(14-34)27(41-18-32(19-41)4-3-23-24(32)21(13-33)25(35)44-23)37-28(36-26)43-20-31(7-8-31)17-39-9-11-42-12-10-39/h38H,3-12,15-20,35H2,1-2H3. The van der Waals surface area contributed by atoms with E-state index in [-0.39, 0.29) is 21.9 Å². The van der Waals surface area contributed by atoms with Crippen LogP contribution in [0.15, 0.2) is 0 Å². The van der Waals surface area contributed by atoms with Crippen LogP contribution >= 0.6 is 11.3 Å². The summed E-state index contributed by atoms with van der Waals surface area (Å²) in [4.78, 5) is 18.1. The summed E-state index contributed by atoms with van der Waals surface area (Å²) >= 11 is 1.56. The predicted molar refractivity (Wildman–Crippen MR) is 168 cm³/mol. The summed E-state index contributed by atoms with van der Waals surface area (Å²) in [5.74, 6) is 1.32. The second kappa shape index (κ2) is 9.92. The number of nitrogen functional groups attached to an aromatic ring is 1. The van der Waals surface area contributed by atoms with E-state index in [0.717, 1.165) is 90.0 Å². The van der Waals surface area contributed by atoms with Crippen LogP contribution in [-0.2, 0) is 16.6 Å². The summed E-state index contributed by atoms with van der Waals surface area (Å²) in [6, 6.07) is 5.23. The van der Waals surface area contributed by atoms with Crippen LogP contribution in [0.2, 0.25) is 0 Å².